The summed E-state index contributed by atoms with van der Waals surface area (Å²) in [6.07, 6.45) is 2.64. The molecule has 1 heterocycles. The van der Waals surface area contributed by atoms with Crippen LogP contribution in [0.5, 0.6) is 5.75 Å². The van der Waals surface area contributed by atoms with Gasteiger partial charge in [-0.25, -0.2) is 0 Å². The van der Waals surface area contributed by atoms with Crippen molar-refractivity contribution in [3.8, 4) is 16.9 Å². The molecule has 4 aromatic carbocycles. The summed E-state index contributed by atoms with van der Waals surface area (Å²) in [5, 5.41) is 9.09. The number of thioether (sulfide) groups is 1. The molecule has 0 aromatic heterocycles. The first-order valence-electron chi connectivity index (χ1n) is 12.6. The second-order valence-corrected chi connectivity index (χ2v) is 11.1. The first kappa shape index (κ1) is 25.9. The third-order valence-electron chi connectivity index (χ3n) is 6.98. The number of amides is 1. The van der Waals surface area contributed by atoms with Gasteiger partial charge in [0.05, 0.1) is 12.0 Å². The normalized spacial score (nSPS) is 14.8. The molecule has 1 aliphatic heterocycles. The van der Waals surface area contributed by atoms with E-state index in [1.165, 1.54) is 22.3 Å². The number of nitrogens with zero attached hydrogens (tertiary/aromatic N) is 2. The van der Waals surface area contributed by atoms with Crippen LogP contribution >= 0.6 is 24.0 Å². The number of ether oxygens (including phenoxy) is 1. The van der Waals surface area contributed by atoms with Crippen LogP contribution in [0.25, 0.3) is 17.2 Å². The molecule has 8 heteroatoms. The molecule has 0 radical (unpaired) electrons. The predicted octanol–water partition coefficient (Wildman–Crippen LogP) is 7.02. The number of thiocarbonyl (C=S) groups is 1. The van der Waals surface area contributed by atoms with Crippen molar-refractivity contribution < 1.29 is 19.4 Å². The number of fused-ring (bicyclic) bond motifs is 3. The molecule has 6 nitrogen and oxygen atoms in total. The van der Waals surface area contributed by atoms with Gasteiger partial charge in [-0.15, -0.1) is 0 Å². The van der Waals surface area contributed by atoms with E-state index in [0.717, 1.165) is 51.5 Å². The van der Waals surface area contributed by atoms with Crippen LogP contribution in [-0.4, -0.2) is 39.9 Å². The standard InChI is InChI=1S/C32H24N2O4S2/c1-38-26-13-10-24(11-14-26)34(25-12-15-28-22(18-25)17-21-4-2-3-5-27(21)28)23-8-6-20(7-9-23)16-29-31(37)33(19-30(35)36)32(39)40-29/h2-16,18H,17,19H2,1H3,(H,35,36)/b29-16-. The zero-order valence-electron chi connectivity index (χ0n) is 21.5. The van der Waals surface area contributed by atoms with E-state index in [1.54, 1.807) is 13.2 Å². The molecule has 0 unspecified atom stereocenters. The number of carboxylic acid groups (broad SMARTS) is 1. The van der Waals surface area contributed by atoms with Crippen molar-refractivity contribution in [2.24, 2.45) is 0 Å². The van der Waals surface area contributed by atoms with Gasteiger partial charge < -0.3 is 14.7 Å². The Kier molecular flexibility index (Phi) is 6.88. The van der Waals surface area contributed by atoms with Gasteiger partial charge in [-0.05, 0) is 88.8 Å². The van der Waals surface area contributed by atoms with Gasteiger partial charge in [0.25, 0.3) is 5.91 Å². The Morgan fingerprint density at radius 3 is 2.30 bits per heavy atom. The minimum absolute atomic E-state index is 0.250. The topological polar surface area (TPSA) is 70.1 Å². The number of benzene rings is 4. The summed E-state index contributed by atoms with van der Waals surface area (Å²) in [6.45, 7) is -0.441. The lowest BCUT2D eigenvalue weighted by atomic mass is 10.0. The number of carbonyl (C=O) groups excluding carboxylic acids is 1. The summed E-state index contributed by atoms with van der Waals surface area (Å²) >= 11 is 6.33. The Morgan fingerprint density at radius 2 is 1.60 bits per heavy atom. The highest BCUT2D eigenvalue weighted by molar-refractivity contribution is 8.26. The second-order valence-electron chi connectivity index (χ2n) is 9.46. The van der Waals surface area contributed by atoms with Crippen molar-refractivity contribution in [1.29, 1.82) is 0 Å². The number of hydrogen-bond donors (Lipinski definition) is 1. The van der Waals surface area contributed by atoms with Gasteiger partial charge in [-0.2, -0.15) is 0 Å². The van der Waals surface area contributed by atoms with Gasteiger partial charge in [0.1, 0.15) is 16.6 Å². The lowest BCUT2D eigenvalue weighted by molar-refractivity contribution is -0.140. The Bertz CT molecular complexity index is 1680. The van der Waals surface area contributed by atoms with Crippen molar-refractivity contribution in [3.05, 3.63) is 113 Å². The summed E-state index contributed by atoms with van der Waals surface area (Å²) in [4.78, 5) is 27.5. The number of aliphatic carboxylic acids is 1. The number of carboxylic acids is 1. The lowest BCUT2D eigenvalue weighted by Gasteiger charge is -2.26. The van der Waals surface area contributed by atoms with Crippen LogP contribution in [0.1, 0.15) is 16.7 Å². The summed E-state index contributed by atoms with van der Waals surface area (Å²) in [6, 6.07) is 31.0. The average Bonchev–Trinajstić information content (AvgIpc) is 3.46. The molecule has 0 spiro atoms. The number of hydrogen-bond acceptors (Lipinski definition) is 6. The molecule has 198 valence electrons. The monoisotopic (exact) mass is 564 g/mol. The van der Waals surface area contributed by atoms with Crippen molar-refractivity contribution >= 4 is 63.3 Å². The zero-order valence-corrected chi connectivity index (χ0v) is 23.2. The van der Waals surface area contributed by atoms with E-state index in [2.05, 4.69) is 47.4 Å². The van der Waals surface area contributed by atoms with E-state index in [1.807, 2.05) is 48.5 Å². The predicted molar refractivity (Wildman–Crippen MR) is 163 cm³/mol. The van der Waals surface area contributed by atoms with Gasteiger partial charge in [-0.3, -0.25) is 14.5 Å². The average molecular weight is 565 g/mol. The summed E-state index contributed by atoms with van der Waals surface area (Å²) < 4.78 is 5.63. The molecule has 1 fully saturated rings. The summed E-state index contributed by atoms with van der Waals surface area (Å²) in [7, 11) is 1.65. The highest BCUT2D eigenvalue weighted by Crippen LogP contribution is 2.42. The molecule has 0 atom stereocenters. The first-order valence-corrected chi connectivity index (χ1v) is 13.9. The minimum Gasteiger partial charge on any atom is -0.497 e. The molecule has 2 aliphatic rings. The molecule has 1 amide bonds. The minimum atomic E-state index is -1.10. The maximum Gasteiger partial charge on any atom is 0.323 e. The highest BCUT2D eigenvalue weighted by atomic mass is 32.2. The number of methoxy groups -OCH3 is 1. The molecule has 40 heavy (non-hydrogen) atoms. The van der Waals surface area contributed by atoms with Crippen LogP contribution in [-0.2, 0) is 16.0 Å². The van der Waals surface area contributed by atoms with Crippen molar-refractivity contribution in [3.63, 3.8) is 0 Å². The van der Waals surface area contributed by atoms with E-state index in [0.29, 0.717) is 4.91 Å². The van der Waals surface area contributed by atoms with Crippen LogP contribution in [0.2, 0.25) is 0 Å². The van der Waals surface area contributed by atoms with E-state index in [-0.39, 0.29) is 10.2 Å². The molecule has 1 aliphatic carbocycles. The number of anilines is 3. The van der Waals surface area contributed by atoms with Crippen molar-refractivity contribution in [2.45, 2.75) is 6.42 Å². The van der Waals surface area contributed by atoms with Crippen molar-refractivity contribution in [1.82, 2.24) is 4.90 Å². The fourth-order valence-corrected chi connectivity index (χ4v) is 6.35. The van der Waals surface area contributed by atoms with Crippen LogP contribution in [0.15, 0.2) is 95.9 Å². The number of rotatable bonds is 7. The second kappa shape index (κ2) is 10.6. The van der Waals surface area contributed by atoms with Crippen molar-refractivity contribution in [2.75, 3.05) is 18.6 Å². The van der Waals surface area contributed by atoms with Gasteiger partial charge in [0.15, 0.2) is 0 Å². The van der Waals surface area contributed by atoms with Crippen LogP contribution < -0.4 is 9.64 Å². The molecule has 0 saturated carbocycles. The van der Waals surface area contributed by atoms with E-state index >= 15 is 0 Å². The largest absolute Gasteiger partial charge is 0.497 e. The van der Waals surface area contributed by atoms with Gasteiger partial charge in [-0.1, -0.05) is 66.4 Å². The summed E-state index contributed by atoms with van der Waals surface area (Å²) in [5.74, 6) is -0.708. The fourth-order valence-electron chi connectivity index (χ4n) is 5.09. The van der Waals surface area contributed by atoms with E-state index in [9.17, 15) is 9.59 Å². The van der Waals surface area contributed by atoms with Gasteiger partial charge in [0.2, 0.25) is 0 Å². The smallest absolute Gasteiger partial charge is 0.323 e. The molecule has 4 aromatic rings. The van der Waals surface area contributed by atoms with Crippen LogP contribution in [0.4, 0.5) is 17.1 Å². The molecule has 1 N–H and O–H groups in total. The maximum absolute atomic E-state index is 12.7. The third kappa shape index (κ3) is 4.87. The van der Waals surface area contributed by atoms with Crippen LogP contribution in [0, 0.1) is 0 Å². The lowest BCUT2D eigenvalue weighted by Crippen LogP contribution is -2.33. The van der Waals surface area contributed by atoms with Gasteiger partial charge >= 0.3 is 5.97 Å². The Balaban J connectivity index is 1.34. The Morgan fingerprint density at radius 1 is 0.950 bits per heavy atom. The maximum atomic E-state index is 12.7. The van der Waals surface area contributed by atoms with Crippen LogP contribution in [0.3, 0.4) is 0 Å². The SMILES string of the molecule is COc1ccc(N(c2ccc(/C=C3\SC(=S)N(CC(=O)O)C3=O)cc2)c2ccc3c(c2)Cc2ccccc2-3)cc1. The Hall–Kier alpha value is -4.40. The van der Waals surface area contributed by atoms with Gasteiger partial charge in [0, 0.05) is 17.1 Å². The zero-order chi connectivity index (χ0) is 27.8. The first-order chi connectivity index (χ1) is 19.4. The third-order valence-corrected chi connectivity index (χ3v) is 8.36. The Labute approximate surface area is 241 Å². The number of carbonyl (C=O) groups is 2. The summed E-state index contributed by atoms with van der Waals surface area (Å²) in [5.41, 5.74) is 8.98. The van der Waals surface area contributed by atoms with E-state index in [4.69, 9.17) is 22.1 Å². The molecule has 0 bridgehead atoms. The fraction of sp³-hybridized carbons (Fsp3) is 0.0938. The molecule has 1 saturated heterocycles. The highest BCUT2D eigenvalue weighted by Gasteiger charge is 2.33. The molecular formula is C32H24N2O4S2. The molecule has 6 rings (SSSR count). The molecular weight excluding hydrogens is 540 g/mol. The quantitative estimate of drug-likeness (QED) is 0.168. The van der Waals surface area contributed by atoms with E-state index < -0.39 is 12.5 Å².